The SMILES string of the molecule is CCCCC[SiH]1CCC(C2CCC(CCCCc3ccc(OC(F)(F)F)c(F)c3)CC2)CC1. The predicted octanol–water partition coefficient (Wildman–Crippen LogP) is 9.07. The average molecular weight is 487 g/mol. The summed E-state index contributed by atoms with van der Waals surface area (Å²) in [6, 6.07) is 8.58. The highest BCUT2D eigenvalue weighted by atomic mass is 28.3. The highest BCUT2D eigenvalue weighted by molar-refractivity contribution is 6.58. The lowest BCUT2D eigenvalue weighted by atomic mass is 9.73. The molecule has 0 unspecified atom stereocenters. The van der Waals surface area contributed by atoms with E-state index in [9.17, 15) is 17.6 Å². The molecule has 1 nitrogen and oxygen atoms in total. The lowest BCUT2D eigenvalue weighted by Crippen LogP contribution is -2.28. The zero-order chi connectivity index (χ0) is 23.7. The van der Waals surface area contributed by atoms with Crippen molar-refractivity contribution in [2.24, 2.45) is 17.8 Å². The van der Waals surface area contributed by atoms with Crippen LogP contribution in [0.5, 0.6) is 5.75 Å². The molecule has 1 aliphatic carbocycles. The first-order chi connectivity index (χ1) is 15.8. The molecule has 188 valence electrons. The normalized spacial score (nSPS) is 26.3. The summed E-state index contributed by atoms with van der Waals surface area (Å²) in [7, 11) is -0.405. The van der Waals surface area contributed by atoms with Crippen LogP contribution in [-0.2, 0) is 6.42 Å². The van der Waals surface area contributed by atoms with Crippen LogP contribution in [0.25, 0.3) is 0 Å². The number of benzene rings is 1. The van der Waals surface area contributed by atoms with Crippen molar-refractivity contribution in [3.63, 3.8) is 0 Å². The molecule has 0 N–H and O–H groups in total. The standard InChI is InChI=1S/C27H42F4OSi/c1-2-3-6-17-33-18-15-24(16-19-33)23-12-9-21(10-13-23)7-4-5-8-22-11-14-26(25(28)20-22)32-27(29,30)31/h11,14,20-21,23-24,33H,2-10,12-13,15-19H2,1H3. The Morgan fingerprint density at radius 2 is 1.61 bits per heavy atom. The first kappa shape index (κ1) is 26.6. The number of ether oxygens (including phenoxy) is 1. The first-order valence-electron chi connectivity index (χ1n) is 13.4. The van der Waals surface area contributed by atoms with E-state index < -0.39 is 26.7 Å². The first-order valence-corrected chi connectivity index (χ1v) is 15.8. The van der Waals surface area contributed by atoms with E-state index in [-0.39, 0.29) is 0 Å². The Hall–Kier alpha value is -1.04. The van der Waals surface area contributed by atoms with Crippen LogP contribution in [0.3, 0.4) is 0 Å². The molecule has 6 heteroatoms. The number of hydrogen-bond acceptors (Lipinski definition) is 1. The van der Waals surface area contributed by atoms with Gasteiger partial charge in [0.1, 0.15) is 0 Å². The van der Waals surface area contributed by atoms with Gasteiger partial charge in [0.15, 0.2) is 11.6 Å². The highest BCUT2D eigenvalue weighted by Gasteiger charge is 2.32. The van der Waals surface area contributed by atoms with Crippen molar-refractivity contribution in [2.45, 2.75) is 115 Å². The van der Waals surface area contributed by atoms with Crippen LogP contribution in [-0.4, -0.2) is 15.2 Å². The van der Waals surface area contributed by atoms with E-state index in [1.165, 1.54) is 76.3 Å². The second-order valence-corrected chi connectivity index (χ2v) is 14.1. The molecule has 0 bridgehead atoms. The van der Waals surface area contributed by atoms with Crippen molar-refractivity contribution >= 4 is 8.80 Å². The Bertz CT molecular complexity index is 692. The molecule has 2 fully saturated rings. The van der Waals surface area contributed by atoms with Crippen molar-refractivity contribution in [3.05, 3.63) is 29.6 Å². The van der Waals surface area contributed by atoms with E-state index in [1.54, 1.807) is 18.1 Å². The average Bonchev–Trinajstić information content (AvgIpc) is 2.79. The third-order valence-corrected chi connectivity index (χ3v) is 11.7. The predicted molar refractivity (Wildman–Crippen MR) is 130 cm³/mol. The summed E-state index contributed by atoms with van der Waals surface area (Å²) in [5, 5.41) is 0. The second kappa shape index (κ2) is 13.2. The fourth-order valence-electron chi connectivity index (χ4n) is 6.25. The van der Waals surface area contributed by atoms with Crippen LogP contribution in [0.2, 0.25) is 18.1 Å². The zero-order valence-corrected chi connectivity index (χ0v) is 21.4. The van der Waals surface area contributed by atoms with E-state index >= 15 is 0 Å². The minimum absolute atomic E-state index is 0.405. The van der Waals surface area contributed by atoms with Gasteiger partial charge >= 0.3 is 6.36 Å². The van der Waals surface area contributed by atoms with Crippen LogP contribution in [0, 0.1) is 23.6 Å². The van der Waals surface area contributed by atoms with Crippen molar-refractivity contribution in [3.8, 4) is 5.75 Å². The number of hydrogen-bond donors (Lipinski definition) is 0. The van der Waals surface area contributed by atoms with Crippen LogP contribution in [0.15, 0.2) is 18.2 Å². The van der Waals surface area contributed by atoms with Crippen LogP contribution >= 0.6 is 0 Å². The summed E-state index contributed by atoms with van der Waals surface area (Å²) in [6.07, 6.45) is 11.9. The fraction of sp³-hybridized carbons (Fsp3) is 0.778. The monoisotopic (exact) mass is 486 g/mol. The summed E-state index contributed by atoms with van der Waals surface area (Å²) >= 11 is 0. The van der Waals surface area contributed by atoms with Crippen molar-refractivity contribution in [1.82, 2.24) is 0 Å². The quantitative estimate of drug-likeness (QED) is 0.172. The molecule has 1 aromatic carbocycles. The van der Waals surface area contributed by atoms with Gasteiger partial charge in [-0.2, -0.15) is 0 Å². The Balaban J connectivity index is 1.28. The molecular formula is C27H42F4OSi. The molecule has 33 heavy (non-hydrogen) atoms. The number of alkyl halides is 3. The van der Waals surface area contributed by atoms with Gasteiger partial charge in [0.25, 0.3) is 0 Å². The van der Waals surface area contributed by atoms with Crippen LogP contribution in [0.4, 0.5) is 17.6 Å². The molecule has 0 amide bonds. The largest absolute Gasteiger partial charge is 0.573 e. The summed E-state index contributed by atoms with van der Waals surface area (Å²) in [6.45, 7) is 2.30. The minimum Gasteiger partial charge on any atom is -0.403 e. The maximum absolute atomic E-state index is 13.8. The number of halogens is 4. The minimum atomic E-state index is -4.86. The van der Waals surface area contributed by atoms with Crippen LogP contribution in [0.1, 0.15) is 89.5 Å². The molecule has 0 radical (unpaired) electrons. The smallest absolute Gasteiger partial charge is 0.403 e. The maximum atomic E-state index is 13.8. The number of aryl methyl sites for hydroxylation is 1. The van der Waals surface area contributed by atoms with E-state index in [1.807, 2.05) is 0 Å². The Morgan fingerprint density at radius 3 is 2.24 bits per heavy atom. The molecular weight excluding hydrogens is 444 g/mol. The van der Waals surface area contributed by atoms with Gasteiger partial charge in [0.2, 0.25) is 0 Å². The molecule has 3 rings (SSSR count). The molecule has 1 saturated carbocycles. The summed E-state index contributed by atoms with van der Waals surface area (Å²) in [4.78, 5) is 0. The second-order valence-electron chi connectivity index (χ2n) is 10.6. The molecule has 2 aliphatic rings. The third-order valence-electron chi connectivity index (χ3n) is 8.22. The van der Waals surface area contributed by atoms with Gasteiger partial charge in [-0.25, -0.2) is 4.39 Å². The molecule has 0 spiro atoms. The summed E-state index contributed by atoms with van der Waals surface area (Å²) in [5.74, 6) is 1.09. The molecule has 1 saturated heterocycles. The van der Waals surface area contributed by atoms with Gasteiger partial charge in [-0.1, -0.05) is 88.9 Å². The molecule has 1 aromatic rings. The number of rotatable bonds is 11. The molecule has 0 atom stereocenters. The van der Waals surface area contributed by atoms with Gasteiger partial charge < -0.3 is 4.74 Å². The fourth-order valence-corrected chi connectivity index (χ4v) is 9.78. The summed E-state index contributed by atoms with van der Waals surface area (Å²) < 4.78 is 54.3. The van der Waals surface area contributed by atoms with E-state index in [0.29, 0.717) is 6.42 Å². The highest BCUT2D eigenvalue weighted by Crippen LogP contribution is 2.42. The van der Waals surface area contributed by atoms with Crippen molar-refractivity contribution in [2.75, 3.05) is 0 Å². The third kappa shape index (κ3) is 9.26. The van der Waals surface area contributed by atoms with E-state index in [2.05, 4.69) is 11.7 Å². The zero-order valence-electron chi connectivity index (χ0n) is 20.3. The van der Waals surface area contributed by atoms with Gasteiger partial charge in [-0.15, -0.1) is 13.2 Å². The lowest BCUT2D eigenvalue weighted by molar-refractivity contribution is -0.275. The Morgan fingerprint density at radius 1 is 0.909 bits per heavy atom. The molecule has 1 aliphatic heterocycles. The Labute approximate surface area is 199 Å². The lowest BCUT2D eigenvalue weighted by Gasteiger charge is -2.37. The number of unbranched alkanes of at least 4 members (excludes halogenated alkanes) is 3. The van der Waals surface area contributed by atoms with Gasteiger partial charge in [-0.3, -0.25) is 0 Å². The van der Waals surface area contributed by atoms with Gasteiger partial charge in [-0.05, 0) is 61.1 Å². The van der Waals surface area contributed by atoms with Gasteiger partial charge in [0.05, 0.1) is 0 Å². The molecule has 1 heterocycles. The Kier molecular flexibility index (Phi) is 10.6. The van der Waals surface area contributed by atoms with Crippen molar-refractivity contribution in [1.29, 1.82) is 0 Å². The molecule has 0 aromatic heterocycles. The van der Waals surface area contributed by atoms with E-state index in [0.717, 1.165) is 42.2 Å². The topological polar surface area (TPSA) is 9.23 Å². The van der Waals surface area contributed by atoms with E-state index in [4.69, 9.17) is 0 Å². The maximum Gasteiger partial charge on any atom is 0.573 e. The van der Waals surface area contributed by atoms with Crippen molar-refractivity contribution < 1.29 is 22.3 Å². The van der Waals surface area contributed by atoms with Crippen LogP contribution < -0.4 is 4.74 Å². The summed E-state index contributed by atoms with van der Waals surface area (Å²) in [5.41, 5.74) is 0.736. The van der Waals surface area contributed by atoms with Gasteiger partial charge in [0, 0.05) is 8.80 Å².